The Kier molecular flexibility index (Phi) is 2.42. The number of anilines is 1. The number of hydrogen-bond acceptors (Lipinski definition) is 2. The van der Waals surface area contributed by atoms with Crippen LogP contribution < -0.4 is 5.73 Å². The summed E-state index contributed by atoms with van der Waals surface area (Å²) in [5.74, 6) is 0.567. The molecular weight excluding hydrogens is 184 g/mol. The molecule has 0 radical (unpaired) electrons. The van der Waals surface area contributed by atoms with E-state index in [9.17, 15) is 0 Å². The maximum atomic E-state index is 5.69. The van der Waals surface area contributed by atoms with Crippen molar-refractivity contribution in [2.45, 2.75) is 13.8 Å². The molecule has 0 saturated carbocycles. The third-order valence-electron chi connectivity index (χ3n) is 2.41. The van der Waals surface area contributed by atoms with Crippen LogP contribution in [0.4, 0.5) is 5.82 Å². The first kappa shape index (κ1) is 9.71. The van der Waals surface area contributed by atoms with Crippen LogP contribution in [-0.2, 0) is 0 Å². The van der Waals surface area contributed by atoms with Crippen molar-refractivity contribution >= 4 is 5.82 Å². The van der Waals surface area contributed by atoms with Gasteiger partial charge in [0.25, 0.3) is 0 Å². The maximum absolute atomic E-state index is 5.69. The van der Waals surface area contributed by atoms with Crippen LogP contribution in [0.2, 0.25) is 0 Å². The molecule has 0 aliphatic carbocycles. The molecule has 0 unspecified atom stereocenters. The summed E-state index contributed by atoms with van der Waals surface area (Å²) in [5.41, 5.74) is 10.2. The Balaban J connectivity index is 2.58. The molecule has 0 saturated heterocycles. The highest BCUT2D eigenvalue weighted by atomic mass is 14.8. The molecule has 2 heteroatoms. The molecular formula is C13H14N2. The predicted octanol–water partition coefficient (Wildman–Crippen LogP) is 2.95. The summed E-state index contributed by atoms with van der Waals surface area (Å²) in [7, 11) is 0. The number of hydrogen-bond donors (Lipinski definition) is 1. The number of nitrogen functional groups attached to an aromatic ring is 1. The Labute approximate surface area is 89.8 Å². The van der Waals surface area contributed by atoms with Gasteiger partial charge in [-0.25, -0.2) is 4.98 Å². The summed E-state index contributed by atoms with van der Waals surface area (Å²) in [6.45, 7) is 4.12. The van der Waals surface area contributed by atoms with E-state index in [1.807, 2.05) is 25.1 Å². The van der Waals surface area contributed by atoms with Gasteiger partial charge in [0.1, 0.15) is 5.82 Å². The smallest absolute Gasteiger partial charge is 0.124 e. The highest BCUT2D eigenvalue weighted by Crippen LogP contribution is 2.22. The number of benzene rings is 1. The van der Waals surface area contributed by atoms with E-state index in [0.717, 1.165) is 16.8 Å². The quantitative estimate of drug-likeness (QED) is 0.765. The highest BCUT2D eigenvalue weighted by Gasteiger charge is 2.03. The minimum atomic E-state index is 0.567. The van der Waals surface area contributed by atoms with E-state index in [4.69, 9.17) is 5.73 Å². The van der Waals surface area contributed by atoms with Crippen LogP contribution >= 0.6 is 0 Å². The van der Waals surface area contributed by atoms with Crippen LogP contribution in [0, 0.1) is 13.8 Å². The molecule has 0 spiro atoms. The van der Waals surface area contributed by atoms with Crippen molar-refractivity contribution in [3.63, 3.8) is 0 Å². The van der Waals surface area contributed by atoms with E-state index in [1.54, 1.807) is 0 Å². The molecule has 0 amide bonds. The summed E-state index contributed by atoms with van der Waals surface area (Å²) in [6, 6.07) is 12.1. The molecule has 1 heterocycles. The maximum Gasteiger partial charge on any atom is 0.124 e. The predicted molar refractivity (Wildman–Crippen MR) is 63.6 cm³/mol. The second-order valence-corrected chi connectivity index (χ2v) is 3.77. The molecule has 0 fully saturated rings. The molecule has 2 rings (SSSR count). The lowest BCUT2D eigenvalue weighted by Crippen LogP contribution is -1.94. The van der Waals surface area contributed by atoms with E-state index in [-0.39, 0.29) is 0 Å². The molecule has 0 aliphatic heterocycles. The van der Waals surface area contributed by atoms with E-state index < -0.39 is 0 Å². The minimum absolute atomic E-state index is 0.567. The van der Waals surface area contributed by atoms with Gasteiger partial charge in [0, 0.05) is 5.56 Å². The number of pyridine rings is 1. The summed E-state index contributed by atoms with van der Waals surface area (Å²) in [6.07, 6.45) is 0. The average Bonchev–Trinajstić information content (AvgIpc) is 2.22. The fourth-order valence-electron chi connectivity index (χ4n) is 1.63. The lowest BCUT2D eigenvalue weighted by molar-refractivity contribution is 1.27. The van der Waals surface area contributed by atoms with Gasteiger partial charge in [-0.3, -0.25) is 0 Å². The van der Waals surface area contributed by atoms with Gasteiger partial charge in [-0.05, 0) is 31.5 Å². The number of aryl methyl sites for hydroxylation is 2. The van der Waals surface area contributed by atoms with Crippen LogP contribution in [-0.4, -0.2) is 4.98 Å². The Bertz CT molecular complexity index is 490. The molecule has 1 aromatic heterocycles. The van der Waals surface area contributed by atoms with Gasteiger partial charge in [-0.1, -0.05) is 29.8 Å². The molecule has 76 valence electrons. The van der Waals surface area contributed by atoms with Gasteiger partial charge in [-0.2, -0.15) is 0 Å². The Morgan fingerprint density at radius 2 is 1.87 bits per heavy atom. The molecule has 2 aromatic rings. The van der Waals surface area contributed by atoms with Crippen molar-refractivity contribution in [2.24, 2.45) is 0 Å². The molecule has 2 N–H and O–H groups in total. The summed E-state index contributed by atoms with van der Waals surface area (Å²) < 4.78 is 0. The monoisotopic (exact) mass is 198 g/mol. The number of nitrogens with two attached hydrogens (primary N) is 1. The number of aromatic nitrogens is 1. The standard InChI is InChI=1S/C13H14N2/c1-9-4-3-5-11(8-9)13-10(2)6-7-12(14)15-13/h3-8H,1-2H3,(H2,14,15). The first-order chi connectivity index (χ1) is 7.16. The zero-order chi connectivity index (χ0) is 10.8. The van der Waals surface area contributed by atoms with Gasteiger partial charge >= 0.3 is 0 Å². The van der Waals surface area contributed by atoms with Crippen molar-refractivity contribution in [3.8, 4) is 11.3 Å². The lowest BCUT2D eigenvalue weighted by Gasteiger charge is -2.06. The fraction of sp³-hybridized carbons (Fsp3) is 0.154. The number of nitrogens with zero attached hydrogens (tertiary/aromatic N) is 1. The second-order valence-electron chi connectivity index (χ2n) is 3.77. The first-order valence-electron chi connectivity index (χ1n) is 4.97. The Hall–Kier alpha value is -1.83. The summed E-state index contributed by atoms with van der Waals surface area (Å²) in [4.78, 5) is 4.36. The molecule has 2 nitrogen and oxygen atoms in total. The van der Waals surface area contributed by atoms with E-state index >= 15 is 0 Å². The molecule has 0 bridgehead atoms. The van der Waals surface area contributed by atoms with Crippen molar-refractivity contribution in [1.82, 2.24) is 4.98 Å². The van der Waals surface area contributed by atoms with Crippen molar-refractivity contribution in [1.29, 1.82) is 0 Å². The Morgan fingerprint density at radius 1 is 1.07 bits per heavy atom. The van der Waals surface area contributed by atoms with Crippen LogP contribution in [0.15, 0.2) is 36.4 Å². The van der Waals surface area contributed by atoms with Gasteiger partial charge in [0.2, 0.25) is 0 Å². The zero-order valence-electron chi connectivity index (χ0n) is 8.99. The van der Waals surface area contributed by atoms with Gasteiger partial charge in [0.15, 0.2) is 0 Å². The summed E-state index contributed by atoms with van der Waals surface area (Å²) >= 11 is 0. The van der Waals surface area contributed by atoms with Gasteiger partial charge < -0.3 is 5.73 Å². The van der Waals surface area contributed by atoms with E-state index in [0.29, 0.717) is 5.82 Å². The molecule has 0 atom stereocenters. The van der Waals surface area contributed by atoms with Gasteiger partial charge in [-0.15, -0.1) is 0 Å². The summed E-state index contributed by atoms with van der Waals surface area (Å²) in [5, 5.41) is 0. The third kappa shape index (κ3) is 1.99. The van der Waals surface area contributed by atoms with E-state index in [1.165, 1.54) is 5.56 Å². The topological polar surface area (TPSA) is 38.9 Å². The molecule has 15 heavy (non-hydrogen) atoms. The van der Waals surface area contributed by atoms with Crippen LogP contribution in [0.25, 0.3) is 11.3 Å². The largest absolute Gasteiger partial charge is 0.384 e. The SMILES string of the molecule is Cc1cccc(-c2nc(N)ccc2C)c1. The van der Waals surface area contributed by atoms with Crippen molar-refractivity contribution in [3.05, 3.63) is 47.5 Å². The average molecular weight is 198 g/mol. The van der Waals surface area contributed by atoms with Crippen LogP contribution in [0.1, 0.15) is 11.1 Å². The normalized spacial score (nSPS) is 10.3. The van der Waals surface area contributed by atoms with Crippen LogP contribution in [0.3, 0.4) is 0 Å². The van der Waals surface area contributed by atoms with Crippen molar-refractivity contribution in [2.75, 3.05) is 5.73 Å². The number of rotatable bonds is 1. The lowest BCUT2D eigenvalue weighted by atomic mass is 10.0. The van der Waals surface area contributed by atoms with E-state index in [2.05, 4.69) is 30.1 Å². The van der Waals surface area contributed by atoms with Crippen LogP contribution in [0.5, 0.6) is 0 Å². The minimum Gasteiger partial charge on any atom is -0.384 e. The highest BCUT2D eigenvalue weighted by molar-refractivity contribution is 5.65. The van der Waals surface area contributed by atoms with Gasteiger partial charge in [0.05, 0.1) is 5.69 Å². The molecule has 0 aliphatic rings. The molecule has 1 aromatic carbocycles. The first-order valence-corrected chi connectivity index (χ1v) is 4.97. The third-order valence-corrected chi connectivity index (χ3v) is 2.41. The van der Waals surface area contributed by atoms with Crippen molar-refractivity contribution < 1.29 is 0 Å². The zero-order valence-corrected chi connectivity index (χ0v) is 8.99. The Morgan fingerprint density at radius 3 is 2.60 bits per heavy atom. The second kappa shape index (κ2) is 3.73. The fourth-order valence-corrected chi connectivity index (χ4v) is 1.63.